The predicted molar refractivity (Wildman–Crippen MR) is 99.9 cm³/mol. The number of benzene rings is 1. The van der Waals surface area contributed by atoms with E-state index in [1.54, 1.807) is 12.3 Å². The number of aromatic nitrogens is 3. The summed E-state index contributed by atoms with van der Waals surface area (Å²) < 4.78 is 32.4. The number of hydrogen-bond acceptors (Lipinski definition) is 6. The van der Waals surface area contributed by atoms with Crippen LogP contribution >= 0.6 is 11.3 Å². The van der Waals surface area contributed by atoms with Crippen LogP contribution in [-0.4, -0.2) is 20.9 Å². The van der Waals surface area contributed by atoms with Crippen LogP contribution in [0.25, 0.3) is 22.6 Å². The minimum absolute atomic E-state index is 0.0233. The Hall–Kier alpha value is -3.46. The van der Waals surface area contributed by atoms with Gasteiger partial charge in [0, 0.05) is 24.1 Å². The quantitative estimate of drug-likeness (QED) is 0.539. The van der Waals surface area contributed by atoms with Gasteiger partial charge in [0.05, 0.1) is 0 Å². The first-order valence-electron chi connectivity index (χ1n) is 8.12. The van der Waals surface area contributed by atoms with Gasteiger partial charge in [-0.3, -0.25) is 15.1 Å². The van der Waals surface area contributed by atoms with Gasteiger partial charge >= 0.3 is 0 Å². The molecule has 0 aliphatic rings. The summed E-state index contributed by atoms with van der Waals surface area (Å²) in [6, 6.07) is 8.33. The Kier molecular flexibility index (Phi) is 4.66. The third-order valence-corrected chi connectivity index (χ3v) is 4.54. The fraction of sp³-hybridized carbons (Fsp3) is 0.0526. The molecule has 4 aromatic rings. The van der Waals surface area contributed by atoms with Crippen LogP contribution in [0.4, 0.5) is 13.9 Å². The number of carbonyl (C=O) groups excluding carboxylic acids is 1. The predicted octanol–water partition coefficient (Wildman–Crippen LogP) is 4.70. The molecule has 0 saturated carbocycles. The molecule has 1 N–H and O–H groups in total. The zero-order valence-corrected chi connectivity index (χ0v) is 15.3. The number of aryl methyl sites for hydroxylation is 1. The summed E-state index contributed by atoms with van der Waals surface area (Å²) in [5.74, 6) is -1.20. The van der Waals surface area contributed by atoms with Crippen LogP contribution in [0.3, 0.4) is 0 Å². The number of carbonyl (C=O) groups is 1. The van der Waals surface area contributed by atoms with Crippen molar-refractivity contribution in [3.8, 4) is 22.6 Å². The third-order valence-electron chi connectivity index (χ3n) is 3.78. The monoisotopic (exact) mass is 398 g/mol. The van der Waals surface area contributed by atoms with E-state index in [0.717, 1.165) is 11.3 Å². The first kappa shape index (κ1) is 17.9. The van der Waals surface area contributed by atoms with E-state index in [1.807, 2.05) is 0 Å². The van der Waals surface area contributed by atoms with E-state index in [1.165, 1.54) is 42.6 Å². The summed E-state index contributed by atoms with van der Waals surface area (Å²) >= 11 is 1.13. The lowest BCUT2D eigenvalue weighted by molar-refractivity contribution is 0.0996. The van der Waals surface area contributed by atoms with E-state index in [0.29, 0.717) is 22.8 Å². The summed E-state index contributed by atoms with van der Waals surface area (Å²) in [6.07, 6.45) is 1.46. The van der Waals surface area contributed by atoms with Crippen molar-refractivity contribution in [2.75, 3.05) is 5.32 Å². The van der Waals surface area contributed by atoms with Gasteiger partial charge in [-0.05, 0) is 36.4 Å². The summed E-state index contributed by atoms with van der Waals surface area (Å²) in [6.45, 7) is 1.61. The van der Waals surface area contributed by atoms with E-state index >= 15 is 0 Å². The number of pyridine rings is 1. The number of rotatable bonds is 4. The maximum absolute atomic E-state index is 13.8. The highest BCUT2D eigenvalue weighted by molar-refractivity contribution is 7.14. The van der Waals surface area contributed by atoms with E-state index in [2.05, 4.69) is 20.3 Å². The lowest BCUT2D eigenvalue weighted by Gasteiger charge is -2.02. The lowest BCUT2D eigenvalue weighted by Crippen LogP contribution is -2.12. The first-order chi connectivity index (χ1) is 13.5. The van der Waals surface area contributed by atoms with E-state index in [9.17, 15) is 13.6 Å². The second kappa shape index (κ2) is 7.28. The summed E-state index contributed by atoms with van der Waals surface area (Å²) in [7, 11) is 0. The summed E-state index contributed by atoms with van der Waals surface area (Å²) in [5, 5.41) is 4.46. The van der Waals surface area contributed by atoms with E-state index in [4.69, 9.17) is 4.42 Å². The van der Waals surface area contributed by atoms with Gasteiger partial charge in [-0.15, -0.1) is 11.3 Å². The van der Waals surface area contributed by atoms with Crippen LogP contribution in [0, 0.1) is 18.6 Å². The van der Waals surface area contributed by atoms with Gasteiger partial charge in [0.2, 0.25) is 5.76 Å². The number of nitrogens with one attached hydrogen (secondary N) is 1. The number of halogens is 2. The number of thiazole rings is 1. The SMILES string of the molecule is Cc1nc(-c2ccc(F)cc2)c(C(=O)Nc2nc(-c3ncccc3F)cs2)o1. The average Bonchev–Trinajstić information content (AvgIpc) is 3.29. The zero-order valence-electron chi connectivity index (χ0n) is 14.4. The highest BCUT2D eigenvalue weighted by atomic mass is 32.1. The fourth-order valence-corrected chi connectivity index (χ4v) is 3.24. The molecule has 1 aromatic carbocycles. The molecule has 140 valence electrons. The van der Waals surface area contributed by atoms with Gasteiger partial charge < -0.3 is 4.42 Å². The smallest absolute Gasteiger partial charge is 0.295 e. The van der Waals surface area contributed by atoms with Crippen molar-refractivity contribution >= 4 is 22.4 Å². The Morgan fingerprint density at radius 3 is 2.64 bits per heavy atom. The van der Waals surface area contributed by atoms with Crippen molar-refractivity contribution in [2.24, 2.45) is 0 Å². The largest absolute Gasteiger partial charge is 0.435 e. The summed E-state index contributed by atoms with van der Waals surface area (Å²) in [4.78, 5) is 25.0. The van der Waals surface area contributed by atoms with Crippen LogP contribution in [0.1, 0.15) is 16.4 Å². The van der Waals surface area contributed by atoms with Gasteiger partial charge in [-0.1, -0.05) is 0 Å². The van der Waals surface area contributed by atoms with Crippen molar-refractivity contribution in [1.82, 2.24) is 15.0 Å². The van der Waals surface area contributed by atoms with Crippen LogP contribution in [-0.2, 0) is 0 Å². The number of anilines is 1. The molecule has 0 bridgehead atoms. The normalized spacial score (nSPS) is 10.8. The topological polar surface area (TPSA) is 80.9 Å². The molecule has 0 atom stereocenters. The molecule has 3 aromatic heterocycles. The molecule has 0 radical (unpaired) electrons. The lowest BCUT2D eigenvalue weighted by atomic mass is 10.1. The van der Waals surface area contributed by atoms with Crippen molar-refractivity contribution in [1.29, 1.82) is 0 Å². The molecule has 0 unspecified atom stereocenters. The van der Waals surface area contributed by atoms with Gasteiger partial charge in [-0.25, -0.2) is 18.7 Å². The standard InChI is InChI=1S/C19H12F2N4O2S/c1-10-23-15(11-4-6-12(20)7-5-11)17(27-10)18(26)25-19-24-14(9-28-19)16-13(21)3-2-8-22-16/h2-9H,1H3,(H,24,25,26). The Bertz CT molecular complexity index is 1150. The highest BCUT2D eigenvalue weighted by Gasteiger charge is 2.22. The van der Waals surface area contributed by atoms with Crippen LogP contribution in [0.5, 0.6) is 0 Å². The molecule has 3 heterocycles. The maximum Gasteiger partial charge on any atom is 0.295 e. The first-order valence-corrected chi connectivity index (χ1v) is 9.00. The molecule has 0 fully saturated rings. The minimum Gasteiger partial charge on any atom is -0.435 e. The molecule has 28 heavy (non-hydrogen) atoms. The molecule has 0 saturated heterocycles. The fourth-order valence-electron chi connectivity index (χ4n) is 2.55. The highest BCUT2D eigenvalue weighted by Crippen LogP contribution is 2.28. The second-order valence-corrected chi connectivity index (χ2v) is 6.60. The molecule has 0 spiro atoms. The van der Waals surface area contributed by atoms with E-state index in [-0.39, 0.29) is 16.6 Å². The Labute approximate surface area is 161 Å². The number of hydrogen-bond donors (Lipinski definition) is 1. The Balaban J connectivity index is 1.60. The van der Waals surface area contributed by atoms with Gasteiger partial charge in [-0.2, -0.15) is 0 Å². The van der Waals surface area contributed by atoms with E-state index < -0.39 is 17.5 Å². The van der Waals surface area contributed by atoms with Crippen LogP contribution in [0.2, 0.25) is 0 Å². The number of amides is 1. The van der Waals surface area contributed by atoms with Gasteiger partial charge in [0.1, 0.15) is 22.9 Å². The molecule has 0 aliphatic carbocycles. The molecule has 4 rings (SSSR count). The third kappa shape index (κ3) is 3.52. The van der Waals surface area contributed by atoms with Crippen molar-refractivity contribution in [2.45, 2.75) is 6.92 Å². The Morgan fingerprint density at radius 1 is 1.11 bits per heavy atom. The molecular formula is C19H12F2N4O2S. The molecule has 1 amide bonds. The second-order valence-electron chi connectivity index (χ2n) is 5.74. The van der Waals surface area contributed by atoms with Crippen LogP contribution in [0.15, 0.2) is 52.4 Å². The molecular weight excluding hydrogens is 386 g/mol. The maximum atomic E-state index is 13.8. The van der Waals surface area contributed by atoms with Crippen molar-refractivity contribution in [3.63, 3.8) is 0 Å². The average molecular weight is 398 g/mol. The van der Waals surface area contributed by atoms with Crippen molar-refractivity contribution in [3.05, 3.63) is 71.3 Å². The number of oxazole rings is 1. The number of nitrogens with zero attached hydrogens (tertiary/aromatic N) is 3. The van der Waals surface area contributed by atoms with Crippen LogP contribution < -0.4 is 5.32 Å². The molecule has 0 aliphatic heterocycles. The Morgan fingerprint density at radius 2 is 1.89 bits per heavy atom. The molecule has 6 nitrogen and oxygen atoms in total. The van der Waals surface area contributed by atoms with Gasteiger partial charge in [0.15, 0.2) is 16.8 Å². The molecule has 9 heteroatoms. The minimum atomic E-state index is -0.567. The van der Waals surface area contributed by atoms with Crippen molar-refractivity contribution < 1.29 is 18.0 Å². The summed E-state index contributed by atoms with van der Waals surface area (Å²) in [5.41, 5.74) is 1.24. The van der Waals surface area contributed by atoms with Gasteiger partial charge in [0.25, 0.3) is 5.91 Å². The zero-order chi connectivity index (χ0) is 19.7.